The number of hydrogen-bond acceptors (Lipinski definition) is 5. The number of H-pyrrole nitrogens is 1. The van der Waals surface area contributed by atoms with Crippen molar-refractivity contribution in [3.05, 3.63) is 161 Å². The lowest BCUT2D eigenvalue weighted by Crippen LogP contribution is -2.56. The fraction of sp³-hybridized carbons (Fsp3) is 0.167. The molecule has 6 aromatic rings. The molecule has 0 bridgehead atoms. The maximum atomic E-state index is 14.4. The summed E-state index contributed by atoms with van der Waals surface area (Å²) in [5.74, 6) is -1.88. The van der Waals surface area contributed by atoms with Gasteiger partial charge in [-0.25, -0.2) is 13.1 Å². The number of para-hydroxylation sites is 1. The summed E-state index contributed by atoms with van der Waals surface area (Å²) < 4.78 is 28.7. The second kappa shape index (κ2) is 15.5. The molecule has 2 unspecified atom stereocenters. The molecule has 0 aliphatic carbocycles. The van der Waals surface area contributed by atoms with E-state index in [4.69, 9.17) is 0 Å². The SMILES string of the molecule is Cc1cc(C)cc(C(=O)N(C)C(Cc2ccc(-c3ccccc3)cc2)C(=O)NC(Cc2c[nH]c3ccccc23)C(=O)NS(=O)(=O)c2ccccc2)c1. The first-order valence-corrected chi connectivity index (χ1v) is 18.4. The van der Waals surface area contributed by atoms with Crippen molar-refractivity contribution in [3.8, 4) is 11.1 Å². The molecule has 264 valence electrons. The van der Waals surface area contributed by atoms with Crippen LogP contribution >= 0.6 is 0 Å². The van der Waals surface area contributed by atoms with Crippen molar-refractivity contribution in [2.24, 2.45) is 0 Å². The first kappa shape index (κ1) is 35.8. The molecular weight excluding hydrogens is 673 g/mol. The van der Waals surface area contributed by atoms with Gasteiger partial charge in [0.2, 0.25) is 5.91 Å². The second-order valence-electron chi connectivity index (χ2n) is 13.0. The van der Waals surface area contributed by atoms with Gasteiger partial charge in [0.1, 0.15) is 12.1 Å². The summed E-state index contributed by atoms with van der Waals surface area (Å²) in [6, 6.07) is 35.9. The van der Waals surface area contributed by atoms with Crippen molar-refractivity contribution in [1.29, 1.82) is 0 Å². The summed E-state index contributed by atoms with van der Waals surface area (Å²) in [5.41, 5.74) is 6.62. The van der Waals surface area contributed by atoms with Gasteiger partial charge in [-0.3, -0.25) is 14.4 Å². The van der Waals surface area contributed by atoms with E-state index in [1.54, 1.807) is 43.6 Å². The molecule has 2 atom stereocenters. The van der Waals surface area contributed by atoms with Crippen LogP contribution in [0.1, 0.15) is 32.6 Å². The van der Waals surface area contributed by atoms with Gasteiger partial charge >= 0.3 is 0 Å². The van der Waals surface area contributed by atoms with Crippen molar-refractivity contribution in [2.75, 3.05) is 7.05 Å². The molecule has 0 radical (unpaired) electrons. The van der Waals surface area contributed by atoms with E-state index in [1.165, 1.54) is 17.0 Å². The molecule has 9 nitrogen and oxygen atoms in total. The van der Waals surface area contributed by atoms with E-state index in [1.807, 2.05) is 98.8 Å². The zero-order valence-corrected chi connectivity index (χ0v) is 30.0. The van der Waals surface area contributed by atoms with Crippen molar-refractivity contribution in [1.82, 2.24) is 19.9 Å². The lowest BCUT2D eigenvalue weighted by Gasteiger charge is -2.29. The number of benzene rings is 5. The highest BCUT2D eigenvalue weighted by molar-refractivity contribution is 7.90. The molecule has 1 aromatic heterocycles. The molecule has 0 saturated carbocycles. The van der Waals surface area contributed by atoms with Crippen molar-refractivity contribution in [3.63, 3.8) is 0 Å². The summed E-state index contributed by atoms with van der Waals surface area (Å²) in [6.45, 7) is 3.80. The smallest absolute Gasteiger partial charge is 0.264 e. The van der Waals surface area contributed by atoms with E-state index in [2.05, 4.69) is 15.0 Å². The average molecular weight is 713 g/mol. The fourth-order valence-corrected chi connectivity index (χ4v) is 7.44. The minimum absolute atomic E-state index is 0.0148. The Hall–Kier alpha value is -6.00. The molecule has 6 rings (SSSR count). The third-order valence-corrected chi connectivity index (χ3v) is 10.4. The van der Waals surface area contributed by atoms with Crippen LogP contribution in [0.3, 0.4) is 0 Å². The fourth-order valence-electron chi connectivity index (χ4n) is 6.40. The number of likely N-dealkylation sites (N-methyl/N-ethyl adjacent to an activating group) is 1. The number of nitrogens with one attached hydrogen (secondary N) is 3. The highest BCUT2D eigenvalue weighted by Gasteiger charge is 2.33. The monoisotopic (exact) mass is 712 g/mol. The minimum atomic E-state index is -4.25. The standard InChI is InChI=1S/C42H40N4O5S/c1-28-22-29(2)24-33(23-28)42(49)46(3)39(25-30-18-20-32(21-19-30)31-12-6-4-7-13-31)41(48)44-38(26-34-27-43-37-17-11-10-16-36(34)37)40(47)45-52(50,51)35-14-8-5-9-15-35/h4-24,27,38-39,43H,25-26H2,1-3H3,(H,44,48)(H,45,47). The largest absolute Gasteiger partial charge is 0.361 e. The van der Waals surface area contributed by atoms with E-state index in [9.17, 15) is 22.8 Å². The number of carbonyl (C=O) groups excluding carboxylic acids is 3. The first-order chi connectivity index (χ1) is 25.0. The minimum Gasteiger partial charge on any atom is -0.361 e. The quantitative estimate of drug-likeness (QED) is 0.136. The van der Waals surface area contributed by atoms with Crippen molar-refractivity contribution in [2.45, 2.75) is 43.7 Å². The predicted octanol–water partition coefficient (Wildman–Crippen LogP) is 6.37. The van der Waals surface area contributed by atoms with Crippen LogP contribution in [-0.2, 0) is 32.5 Å². The maximum Gasteiger partial charge on any atom is 0.264 e. The van der Waals surface area contributed by atoms with Gasteiger partial charge in [0.25, 0.3) is 21.8 Å². The summed E-state index contributed by atoms with van der Waals surface area (Å²) in [7, 11) is -2.69. The summed E-state index contributed by atoms with van der Waals surface area (Å²) in [4.78, 5) is 46.8. The van der Waals surface area contributed by atoms with Gasteiger partial charge in [0, 0.05) is 42.6 Å². The molecule has 0 saturated heterocycles. The lowest BCUT2D eigenvalue weighted by molar-refractivity contribution is -0.130. The van der Waals surface area contributed by atoms with Gasteiger partial charge in [0.15, 0.2) is 0 Å². The van der Waals surface area contributed by atoms with Gasteiger partial charge in [-0.2, -0.15) is 0 Å². The van der Waals surface area contributed by atoms with E-state index in [0.29, 0.717) is 11.1 Å². The number of nitrogens with zero attached hydrogens (tertiary/aromatic N) is 1. The molecule has 0 aliphatic heterocycles. The zero-order valence-electron chi connectivity index (χ0n) is 29.2. The van der Waals surface area contributed by atoms with Gasteiger partial charge in [0.05, 0.1) is 4.90 Å². The number of carbonyl (C=O) groups is 3. The van der Waals surface area contributed by atoms with Crippen LogP contribution in [0.2, 0.25) is 0 Å². The number of aromatic nitrogens is 1. The zero-order chi connectivity index (χ0) is 36.8. The Morgan fingerprint density at radius 3 is 1.98 bits per heavy atom. The van der Waals surface area contributed by atoms with Crippen LogP contribution in [0.15, 0.2) is 138 Å². The van der Waals surface area contributed by atoms with Gasteiger partial charge in [-0.05, 0) is 66.4 Å². The molecule has 52 heavy (non-hydrogen) atoms. The number of aromatic amines is 1. The summed E-state index contributed by atoms with van der Waals surface area (Å²) in [6.07, 6.45) is 1.86. The van der Waals surface area contributed by atoms with Gasteiger partial charge in [-0.1, -0.05) is 108 Å². The Labute approximate surface area is 303 Å². The normalized spacial score (nSPS) is 12.5. The molecule has 0 fully saturated rings. The van der Waals surface area contributed by atoms with E-state index in [-0.39, 0.29) is 23.6 Å². The van der Waals surface area contributed by atoms with Gasteiger partial charge < -0.3 is 15.2 Å². The molecule has 1 heterocycles. The number of hydrogen-bond donors (Lipinski definition) is 3. The number of rotatable bonds is 12. The molecule has 3 N–H and O–H groups in total. The highest BCUT2D eigenvalue weighted by atomic mass is 32.2. The Bertz CT molecular complexity index is 2300. The third kappa shape index (κ3) is 8.30. The van der Waals surface area contributed by atoms with Crippen molar-refractivity contribution >= 4 is 38.6 Å². The number of sulfonamides is 1. The van der Waals surface area contributed by atoms with E-state index >= 15 is 0 Å². The number of aryl methyl sites for hydroxylation is 2. The molecule has 0 spiro atoms. The average Bonchev–Trinajstić information content (AvgIpc) is 3.56. The van der Waals surface area contributed by atoms with Crippen LogP contribution in [-0.4, -0.2) is 55.2 Å². The van der Waals surface area contributed by atoms with Crippen LogP contribution in [0.5, 0.6) is 0 Å². The third-order valence-electron chi connectivity index (χ3n) is 9.07. The first-order valence-electron chi connectivity index (χ1n) is 17.0. The predicted molar refractivity (Wildman–Crippen MR) is 203 cm³/mol. The Kier molecular flexibility index (Phi) is 10.7. The second-order valence-corrected chi connectivity index (χ2v) is 14.7. The number of amides is 3. The van der Waals surface area contributed by atoms with Crippen molar-refractivity contribution < 1.29 is 22.8 Å². The van der Waals surface area contributed by atoms with Crippen LogP contribution in [0, 0.1) is 13.8 Å². The van der Waals surface area contributed by atoms with Crippen LogP contribution in [0.4, 0.5) is 0 Å². The Morgan fingerprint density at radius 1 is 0.712 bits per heavy atom. The maximum absolute atomic E-state index is 14.4. The summed E-state index contributed by atoms with van der Waals surface area (Å²) in [5, 5.41) is 3.67. The lowest BCUT2D eigenvalue weighted by atomic mass is 9.98. The molecular formula is C42H40N4O5S. The Morgan fingerprint density at radius 2 is 1.31 bits per heavy atom. The van der Waals surface area contributed by atoms with Crippen LogP contribution < -0.4 is 10.0 Å². The van der Waals surface area contributed by atoms with E-state index in [0.717, 1.165) is 38.7 Å². The molecule has 0 aliphatic rings. The van der Waals surface area contributed by atoms with Gasteiger partial charge in [-0.15, -0.1) is 0 Å². The number of fused-ring (bicyclic) bond motifs is 1. The topological polar surface area (TPSA) is 128 Å². The molecule has 5 aromatic carbocycles. The summed E-state index contributed by atoms with van der Waals surface area (Å²) >= 11 is 0. The molecule has 10 heteroatoms. The van der Waals surface area contributed by atoms with E-state index < -0.39 is 33.9 Å². The Balaban J connectivity index is 1.33. The highest BCUT2D eigenvalue weighted by Crippen LogP contribution is 2.23. The van der Waals surface area contributed by atoms with Crippen LogP contribution in [0.25, 0.3) is 22.0 Å². The molecule has 3 amide bonds.